The van der Waals surface area contributed by atoms with Gasteiger partial charge < -0.3 is 10.4 Å². The van der Waals surface area contributed by atoms with E-state index in [0.717, 1.165) is 16.8 Å². The van der Waals surface area contributed by atoms with Crippen molar-refractivity contribution in [3.05, 3.63) is 39.3 Å². The fraction of sp³-hybridized carbons (Fsp3) is 0.0909. The van der Waals surface area contributed by atoms with E-state index in [1.54, 1.807) is 0 Å². The van der Waals surface area contributed by atoms with Crippen LogP contribution in [0.2, 0.25) is 5.02 Å². The lowest BCUT2D eigenvalue weighted by Gasteiger charge is -2.08. The number of carboxylic acid groups (broad SMARTS) is 1. The Morgan fingerprint density at radius 3 is 2.81 bits per heavy atom. The Labute approximate surface area is 130 Å². The van der Waals surface area contributed by atoms with Gasteiger partial charge in [0.05, 0.1) is 16.9 Å². The first-order valence-corrected chi connectivity index (χ1v) is 6.61. The molecule has 0 aliphatic rings. The second-order valence-electron chi connectivity index (χ2n) is 3.89. The number of halogens is 3. The number of hydrogen-bond donors (Lipinski definition) is 2. The van der Waals surface area contributed by atoms with Gasteiger partial charge in [-0.25, -0.2) is 9.07 Å². The van der Waals surface area contributed by atoms with Crippen molar-refractivity contribution in [2.24, 2.45) is 0 Å². The maximum atomic E-state index is 13.1. The zero-order chi connectivity index (χ0) is 15.6. The van der Waals surface area contributed by atoms with E-state index in [4.69, 9.17) is 16.7 Å². The van der Waals surface area contributed by atoms with Crippen LogP contribution in [0.15, 0.2) is 22.8 Å². The van der Waals surface area contributed by atoms with Gasteiger partial charge in [-0.05, 0) is 28.1 Å². The predicted octanol–water partition coefficient (Wildman–Crippen LogP) is 2.17. The minimum Gasteiger partial charge on any atom is -0.480 e. The molecule has 1 aromatic heterocycles. The lowest BCUT2D eigenvalue weighted by molar-refractivity contribution is -0.137. The van der Waals surface area contributed by atoms with E-state index in [9.17, 15) is 14.0 Å². The van der Waals surface area contributed by atoms with Gasteiger partial charge in [0.15, 0.2) is 5.69 Å². The molecule has 0 unspecified atom stereocenters. The summed E-state index contributed by atoms with van der Waals surface area (Å²) in [7, 11) is 0. The van der Waals surface area contributed by atoms with E-state index in [1.807, 2.05) is 0 Å². The average molecular weight is 378 g/mol. The molecule has 0 aliphatic heterocycles. The number of amides is 1. The monoisotopic (exact) mass is 376 g/mol. The Morgan fingerprint density at radius 2 is 2.19 bits per heavy atom. The zero-order valence-corrected chi connectivity index (χ0v) is 12.5. The summed E-state index contributed by atoms with van der Waals surface area (Å²) in [5, 5.41) is 18.1. The fourth-order valence-corrected chi connectivity index (χ4v) is 2.36. The van der Waals surface area contributed by atoms with Crippen LogP contribution in [-0.4, -0.2) is 32.0 Å². The van der Waals surface area contributed by atoms with E-state index >= 15 is 0 Å². The summed E-state index contributed by atoms with van der Waals surface area (Å²) in [6.07, 6.45) is 1.18. The molecule has 2 rings (SSSR count). The molecule has 1 aromatic carbocycles. The van der Waals surface area contributed by atoms with Crippen molar-refractivity contribution in [3.8, 4) is 0 Å². The van der Waals surface area contributed by atoms with Crippen molar-refractivity contribution in [1.82, 2.24) is 15.0 Å². The summed E-state index contributed by atoms with van der Waals surface area (Å²) in [4.78, 5) is 22.5. The molecule has 0 fully saturated rings. The number of anilines is 1. The zero-order valence-electron chi connectivity index (χ0n) is 10.2. The number of carboxylic acids is 1. The van der Waals surface area contributed by atoms with Gasteiger partial charge in [0.1, 0.15) is 12.4 Å². The Kier molecular flexibility index (Phi) is 4.53. The smallest absolute Gasteiger partial charge is 0.325 e. The van der Waals surface area contributed by atoms with Gasteiger partial charge in [-0.3, -0.25) is 9.59 Å². The number of nitrogens with one attached hydrogen (secondary N) is 1. The van der Waals surface area contributed by atoms with Crippen LogP contribution in [0, 0.1) is 5.82 Å². The topological polar surface area (TPSA) is 97.1 Å². The molecule has 0 saturated carbocycles. The van der Waals surface area contributed by atoms with Crippen LogP contribution >= 0.6 is 27.5 Å². The van der Waals surface area contributed by atoms with E-state index in [-0.39, 0.29) is 20.9 Å². The predicted molar refractivity (Wildman–Crippen MR) is 74.7 cm³/mol. The fourth-order valence-electron chi connectivity index (χ4n) is 1.46. The quantitative estimate of drug-likeness (QED) is 0.851. The number of benzene rings is 1. The average Bonchev–Trinajstić information content (AvgIpc) is 2.81. The first-order chi connectivity index (χ1) is 9.86. The van der Waals surface area contributed by atoms with Gasteiger partial charge in [-0.15, -0.1) is 5.10 Å². The van der Waals surface area contributed by atoms with Crippen LogP contribution in [0.1, 0.15) is 10.5 Å². The molecule has 1 heterocycles. The van der Waals surface area contributed by atoms with Crippen LogP contribution in [0.4, 0.5) is 10.1 Å². The van der Waals surface area contributed by atoms with Crippen molar-refractivity contribution in [2.45, 2.75) is 6.54 Å². The Balaban J connectivity index is 2.18. The number of aliphatic carboxylic acids is 1. The minimum atomic E-state index is -1.11. The summed E-state index contributed by atoms with van der Waals surface area (Å²) in [6, 6.07) is 2.19. The SMILES string of the molecule is O=C(O)Cn1cc(C(=O)Nc2c(Cl)cc(F)cc2Br)nn1. The van der Waals surface area contributed by atoms with Crippen molar-refractivity contribution >= 4 is 45.1 Å². The van der Waals surface area contributed by atoms with Crippen molar-refractivity contribution in [3.63, 3.8) is 0 Å². The standard InChI is InChI=1S/C11H7BrClFN4O3/c12-6-1-5(14)2-7(13)10(6)15-11(21)8-3-18(17-16-8)4-9(19)20/h1-3H,4H2,(H,15,21)(H,19,20). The minimum absolute atomic E-state index is 0.00755. The number of rotatable bonds is 4. The highest BCUT2D eigenvalue weighted by Gasteiger charge is 2.16. The van der Waals surface area contributed by atoms with Crippen LogP contribution in [-0.2, 0) is 11.3 Å². The third kappa shape index (κ3) is 3.76. The Morgan fingerprint density at radius 1 is 1.48 bits per heavy atom. The first kappa shape index (κ1) is 15.4. The number of hydrogen-bond acceptors (Lipinski definition) is 4. The molecule has 0 radical (unpaired) electrons. The molecule has 0 aliphatic carbocycles. The lowest BCUT2D eigenvalue weighted by atomic mass is 10.3. The summed E-state index contributed by atoms with van der Waals surface area (Å²) in [5.74, 6) is -2.32. The summed E-state index contributed by atoms with van der Waals surface area (Å²) < 4.78 is 14.3. The van der Waals surface area contributed by atoms with Crippen molar-refractivity contribution in [2.75, 3.05) is 5.32 Å². The number of aromatic nitrogens is 3. The molecule has 0 saturated heterocycles. The first-order valence-electron chi connectivity index (χ1n) is 5.44. The van der Waals surface area contributed by atoms with Crippen LogP contribution in [0.25, 0.3) is 0 Å². The van der Waals surface area contributed by atoms with Crippen molar-refractivity contribution in [1.29, 1.82) is 0 Å². The van der Waals surface area contributed by atoms with Gasteiger partial charge in [-0.2, -0.15) is 0 Å². The molecular weight excluding hydrogens is 371 g/mol. The number of carbonyl (C=O) groups excluding carboxylic acids is 1. The van der Waals surface area contributed by atoms with Gasteiger partial charge in [0.2, 0.25) is 0 Å². The molecule has 2 N–H and O–H groups in total. The van der Waals surface area contributed by atoms with E-state index < -0.39 is 24.2 Å². The third-order valence-electron chi connectivity index (χ3n) is 2.31. The third-order valence-corrected chi connectivity index (χ3v) is 3.24. The van der Waals surface area contributed by atoms with E-state index in [1.165, 1.54) is 6.20 Å². The highest BCUT2D eigenvalue weighted by molar-refractivity contribution is 9.10. The second kappa shape index (κ2) is 6.19. The summed E-state index contributed by atoms with van der Waals surface area (Å²) in [5.41, 5.74) is 0.0828. The Hall–Kier alpha value is -2.00. The van der Waals surface area contributed by atoms with Gasteiger partial charge in [-0.1, -0.05) is 16.8 Å². The molecule has 10 heteroatoms. The molecule has 7 nitrogen and oxygen atoms in total. The number of nitrogens with zero attached hydrogens (tertiary/aromatic N) is 3. The molecular formula is C11H7BrClFN4O3. The second-order valence-corrected chi connectivity index (χ2v) is 5.16. The molecule has 0 spiro atoms. The number of carbonyl (C=O) groups is 2. The van der Waals surface area contributed by atoms with Gasteiger partial charge in [0.25, 0.3) is 5.91 Å². The normalized spacial score (nSPS) is 10.4. The van der Waals surface area contributed by atoms with Gasteiger partial charge in [0, 0.05) is 4.47 Å². The van der Waals surface area contributed by atoms with Crippen LogP contribution < -0.4 is 5.32 Å². The molecule has 2 aromatic rings. The van der Waals surface area contributed by atoms with E-state index in [2.05, 4.69) is 31.6 Å². The van der Waals surface area contributed by atoms with E-state index in [0.29, 0.717) is 0 Å². The van der Waals surface area contributed by atoms with Crippen LogP contribution in [0.3, 0.4) is 0 Å². The molecule has 21 heavy (non-hydrogen) atoms. The molecule has 0 atom stereocenters. The lowest BCUT2D eigenvalue weighted by Crippen LogP contribution is -2.13. The highest BCUT2D eigenvalue weighted by Crippen LogP contribution is 2.31. The molecule has 110 valence electrons. The van der Waals surface area contributed by atoms with Crippen LogP contribution in [0.5, 0.6) is 0 Å². The summed E-state index contributed by atoms with van der Waals surface area (Å²) >= 11 is 8.92. The largest absolute Gasteiger partial charge is 0.480 e. The van der Waals surface area contributed by atoms with Crippen molar-refractivity contribution < 1.29 is 19.1 Å². The maximum Gasteiger partial charge on any atom is 0.325 e. The summed E-state index contributed by atoms with van der Waals surface area (Å²) in [6.45, 7) is -0.415. The Bertz CT molecular complexity index is 698. The molecule has 0 bridgehead atoms. The molecule has 1 amide bonds. The highest BCUT2D eigenvalue weighted by atomic mass is 79.9. The maximum absolute atomic E-state index is 13.1. The van der Waals surface area contributed by atoms with Gasteiger partial charge >= 0.3 is 5.97 Å².